The summed E-state index contributed by atoms with van der Waals surface area (Å²) in [6, 6.07) is 19.1. The van der Waals surface area contributed by atoms with Crippen LogP contribution in [0.1, 0.15) is 21.5 Å². The Labute approximate surface area is 206 Å². The average Bonchev–Trinajstić information content (AvgIpc) is 2.90. The maximum Gasteiger partial charge on any atom is 0.343 e. The summed E-state index contributed by atoms with van der Waals surface area (Å²) in [6.07, 6.45) is 1.38. The van der Waals surface area contributed by atoms with E-state index < -0.39 is 23.8 Å². The summed E-state index contributed by atoms with van der Waals surface area (Å²) in [4.78, 5) is 51.0. The summed E-state index contributed by atoms with van der Waals surface area (Å²) in [5.41, 5.74) is 1.34. The van der Waals surface area contributed by atoms with Crippen LogP contribution in [0.2, 0.25) is 0 Å². The summed E-state index contributed by atoms with van der Waals surface area (Å²) in [7, 11) is 2.96. The number of hydrogen-bond donors (Lipinski definition) is 1. The predicted octanol–water partition coefficient (Wildman–Crippen LogP) is 3.59. The minimum absolute atomic E-state index is 0.0289. The van der Waals surface area contributed by atoms with Gasteiger partial charge in [0, 0.05) is 0 Å². The van der Waals surface area contributed by atoms with Gasteiger partial charge < -0.3 is 14.2 Å². The molecule has 3 aromatic carbocycles. The second kappa shape index (κ2) is 10.6. The second-order valence-electron chi connectivity index (χ2n) is 7.72. The van der Waals surface area contributed by atoms with Crippen LogP contribution < -0.4 is 19.5 Å². The molecule has 1 N–H and O–H groups in total. The van der Waals surface area contributed by atoms with E-state index in [0.717, 1.165) is 10.5 Å². The zero-order valence-corrected chi connectivity index (χ0v) is 19.5. The van der Waals surface area contributed by atoms with Crippen molar-refractivity contribution in [2.75, 3.05) is 14.2 Å². The number of nitrogens with zero attached hydrogens (tertiary/aromatic N) is 1. The van der Waals surface area contributed by atoms with Crippen LogP contribution in [0.5, 0.6) is 17.2 Å². The maximum atomic E-state index is 12.9. The topological polar surface area (TPSA) is 111 Å². The van der Waals surface area contributed by atoms with Gasteiger partial charge in [0.15, 0.2) is 11.5 Å². The molecule has 1 fully saturated rings. The fraction of sp³-hybridized carbons (Fsp3) is 0.111. The standard InChI is InChI=1S/C27H22N2O7/c1-34-22-13-10-19(15-23(22)35-2)26(32)36-20-11-8-17(9-12-20)14-21-24(30)28-27(33)29(25(21)31)16-18-6-4-3-5-7-18/h3-15H,16H2,1-2H3,(H,28,30,33)/b21-14-. The molecule has 1 aliphatic rings. The van der Waals surface area contributed by atoms with Crippen molar-refractivity contribution in [3.8, 4) is 17.2 Å². The number of urea groups is 1. The molecule has 9 nitrogen and oxygen atoms in total. The fourth-order valence-electron chi connectivity index (χ4n) is 3.53. The van der Waals surface area contributed by atoms with Crippen molar-refractivity contribution in [2.45, 2.75) is 6.54 Å². The van der Waals surface area contributed by atoms with E-state index in [4.69, 9.17) is 14.2 Å². The molecule has 3 aromatic rings. The number of imide groups is 2. The SMILES string of the molecule is COc1ccc(C(=O)Oc2ccc(/C=C3/C(=O)NC(=O)N(Cc4ccccc4)C3=O)cc2)cc1OC. The quantitative estimate of drug-likeness (QED) is 0.235. The van der Waals surface area contributed by atoms with Gasteiger partial charge in [0.25, 0.3) is 11.8 Å². The Kier molecular flexibility index (Phi) is 7.10. The van der Waals surface area contributed by atoms with E-state index in [1.807, 2.05) is 6.07 Å². The molecule has 182 valence electrons. The molecule has 4 amide bonds. The van der Waals surface area contributed by atoms with Crippen LogP contribution in [0, 0.1) is 0 Å². The number of amides is 4. The first-order valence-corrected chi connectivity index (χ1v) is 10.9. The van der Waals surface area contributed by atoms with E-state index >= 15 is 0 Å². The van der Waals surface area contributed by atoms with Crippen LogP contribution in [0.3, 0.4) is 0 Å². The number of barbiturate groups is 1. The first kappa shape index (κ1) is 24.2. The van der Waals surface area contributed by atoms with Gasteiger partial charge >= 0.3 is 12.0 Å². The molecule has 1 aliphatic heterocycles. The van der Waals surface area contributed by atoms with Crippen LogP contribution in [0.15, 0.2) is 78.4 Å². The smallest absolute Gasteiger partial charge is 0.343 e. The Hall–Kier alpha value is -4.92. The Bertz CT molecular complexity index is 1350. The molecule has 0 unspecified atom stereocenters. The summed E-state index contributed by atoms with van der Waals surface area (Å²) in [5.74, 6) is -0.938. The molecule has 1 heterocycles. The third kappa shape index (κ3) is 5.25. The fourth-order valence-corrected chi connectivity index (χ4v) is 3.53. The third-order valence-electron chi connectivity index (χ3n) is 5.39. The van der Waals surface area contributed by atoms with Crippen molar-refractivity contribution in [3.63, 3.8) is 0 Å². The highest BCUT2D eigenvalue weighted by Crippen LogP contribution is 2.28. The lowest BCUT2D eigenvalue weighted by molar-refractivity contribution is -0.130. The molecular weight excluding hydrogens is 464 g/mol. The van der Waals surface area contributed by atoms with Crippen molar-refractivity contribution < 1.29 is 33.4 Å². The number of esters is 1. The number of benzene rings is 3. The number of ether oxygens (including phenoxy) is 3. The van der Waals surface area contributed by atoms with Gasteiger partial charge in [-0.25, -0.2) is 9.59 Å². The molecule has 0 spiro atoms. The van der Waals surface area contributed by atoms with Crippen molar-refractivity contribution in [2.24, 2.45) is 0 Å². The van der Waals surface area contributed by atoms with Gasteiger partial charge in [-0.3, -0.25) is 19.8 Å². The Balaban J connectivity index is 1.48. The van der Waals surface area contributed by atoms with Gasteiger partial charge in [-0.2, -0.15) is 0 Å². The molecule has 1 saturated heterocycles. The number of hydrogen-bond acceptors (Lipinski definition) is 7. The Morgan fingerprint density at radius 2 is 1.58 bits per heavy atom. The third-order valence-corrected chi connectivity index (χ3v) is 5.39. The molecule has 0 aromatic heterocycles. The van der Waals surface area contributed by atoms with Gasteiger partial charge in [0.1, 0.15) is 11.3 Å². The predicted molar refractivity (Wildman–Crippen MR) is 129 cm³/mol. The van der Waals surface area contributed by atoms with Crippen LogP contribution in [0.25, 0.3) is 6.08 Å². The maximum absolute atomic E-state index is 12.9. The van der Waals surface area contributed by atoms with Gasteiger partial charge in [-0.1, -0.05) is 42.5 Å². The normalized spacial score (nSPS) is 14.4. The average molecular weight is 486 g/mol. The monoisotopic (exact) mass is 486 g/mol. The highest BCUT2D eigenvalue weighted by Gasteiger charge is 2.35. The lowest BCUT2D eigenvalue weighted by Gasteiger charge is -2.26. The van der Waals surface area contributed by atoms with Gasteiger partial charge in [-0.15, -0.1) is 0 Å². The largest absolute Gasteiger partial charge is 0.493 e. The second-order valence-corrected chi connectivity index (χ2v) is 7.72. The Morgan fingerprint density at radius 1 is 0.889 bits per heavy atom. The van der Waals surface area contributed by atoms with E-state index in [9.17, 15) is 19.2 Å². The minimum Gasteiger partial charge on any atom is -0.493 e. The van der Waals surface area contributed by atoms with Crippen LogP contribution in [0.4, 0.5) is 4.79 Å². The van der Waals surface area contributed by atoms with Crippen molar-refractivity contribution >= 4 is 29.9 Å². The minimum atomic E-state index is -0.779. The van der Waals surface area contributed by atoms with Gasteiger partial charge in [0.2, 0.25) is 0 Å². The van der Waals surface area contributed by atoms with Crippen molar-refractivity contribution in [3.05, 3.63) is 95.1 Å². The molecule has 0 radical (unpaired) electrons. The molecule has 0 atom stereocenters. The molecule has 36 heavy (non-hydrogen) atoms. The number of rotatable bonds is 7. The number of carbonyl (C=O) groups is 4. The zero-order chi connectivity index (χ0) is 25.7. The summed E-state index contributed by atoms with van der Waals surface area (Å²) >= 11 is 0. The lowest BCUT2D eigenvalue weighted by atomic mass is 10.1. The first-order chi connectivity index (χ1) is 17.4. The van der Waals surface area contributed by atoms with Crippen molar-refractivity contribution in [1.82, 2.24) is 10.2 Å². The number of methoxy groups -OCH3 is 2. The van der Waals surface area contributed by atoms with E-state index in [2.05, 4.69) is 5.32 Å². The number of carbonyl (C=O) groups excluding carboxylic acids is 4. The summed E-state index contributed by atoms with van der Waals surface area (Å²) in [6.45, 7) is 0.0289. The van der Waals surface area contributed by atoms with E-state index in [0.29, 0.717) is 17.1 Å². The molecular formula is C27H22N2O7. The van der Waals surface area contributed by atoms with Gasteiger partial charge in [0.05, 0.1) is 26.3 Å². The van der Waals surface area contributed by atoms with E-state index in [-0.39, 0.29) is 23.4 Å². The van der Waals surface area contributed by atoms with E-state index in [1.54, 1.807) is 48.5 Å². The van der Waals surface area contributed by atoms with Crippen LogP contribution >= 0.6 is 0 Å². The van der Waals surface area contributed by atoms with Crippen molar-refractivity contribution in [1.29, 1.82) is 0 Å². The van der Waals surface area contributed by atoms with Crippen LogP contribution in [-0.4, -0.2) is 42.9 Å². The van der Waals surface area contributed by atoms with Crippen LogP contribution in [-0.2, 0) is 16.1 Å². The molecule has 4 rings (SSSR count). The van der Waals surface area contributed by atoms with Gasteiger partial charge in [-0.05, 0) is 47.5 Å². The molecule has 0 saturated carbocycles. The highest BCUT2D eigenvalue weighted by molar-refractivity contribution is 6.30. The lowest BCUT2D eigenvalue weighted by Crippen LogP contribution is -2.53. The Morgan fingerprint density at radius 3 is 2.25 bits per heavy atom. The summed E-state index contributed by atoms with van der Waals surface area (Å²) < 4.78 is 15.8. The zero-order valence-electron chi connectivity index (χ0n) is 19.5. The molecule has 0 bridgehead atoms. The summed E-state index contributed by atoms with van der Waals surface area (Å²) in [5, 5.41) is 2.19. The number of nitrogens with one attached hydrogen (secondary N) is 1. The molecule has 9 heteroatoms. The first-order valence-electron chi connectivity index (χ1n) is 10.9. The highest BCUT2D eigenvalue weighted by atomic mass is 16.5. The molecule has 0 aliphatic carbocycles. The van der Waals surface area contributed by atoms with E-state index in [1.165, 1.54) is 38.5 Å².